The smallest absolute Gasteiger partial charge is 0.286 e. The van der Waals surface area contributed by atoms with E-state index in [2.05, 4.69) is 10.6 Å². The summed E-state index contributed by atoms with van der Waals surface area (Å²) in [5.41, 5.74) is 1.02. The molecule has 0 saturated heterocycles. The van der Waals surface area contributed by atoms with Crippen LogP contribution in [0.2, 0.25) is 0 Å². The third kappa shape index (κ3) is 3.95. The Morgan fingerprint density at radius 1 is 1.17 bits per heavy atom. The average molecular weight is 328 g/mol. The van der Waals surface area contributed by atoms with Gasteiger partial charge in [-0.3, -0.25) is 9.59 Å². The van der Waals surface area contributed by atoms with Gasteiger partial charge in [-0.2, -0.15) is 0 Å². The molecule has 1 aliphatic heterocycles. The largest absolute Gasteiger partial charge is 0.493 e. The summed E-state index contributed by atoms with van der Waals surface area (Å²) < 4.78 is 10.6. The van der Waals surface area contributed by atoms with Crippen LogP contribution < -0.4 is 15.4 Å². The fraction of sp³-hybridized carbons (Fsp3) is 0.333. The van der Waals surface area contributed by atoms with Crippen molar-refractivity contribution in [1.82, 2.24) is 10.6 Å². The molecule has 0 bridgehead atoms. The van der Waals surface area contributed by atoms with Crippen LogP contribution in [0.15, 0.2) is 47.1 Å². The van der Waals surface area contributed by atoms with Crippen molar-refractivity contribution in [3.63, 3.8) is 0 Å². The van der Waals surface area contributed by atoms with Crippen LogP contribution in [0.4, 0.5) is 0 Å². The van der Waals surface area contributed by atoms with Gasteiger partial charge in [0.15, 0.2) is 5.76 Å². The van der Waals surface area contributed by atoms with E-state index in [0.29, 0.717) is 26.0 Å². The molecule has 6 nitrogen and oxygen atoms in total. The highest BCUT2D eigenvalue weighted by atomic mass is 16.5. The summed E-state index contributed by atoms with van der Waals surface area (Å²) in [6.45, 7) is 1.03. The van der Waals surface area contributed by atoms with E-state index in [1.807, 2.05) is 24.3 Å². The van der Waals surface area contributed by atoms with Gasteiger partial charge in [0.05, 0.1) is 18.9 Å². The Hall–Kier alpha value is -2.76. The zero-order chi connectivity index (χ0) is 16.8. The van der Waals surface area contributed by atoms with Gasteiger partial charge in [0.2, 0.25) is 5.91 Å². The lowest BCUT2D eigenvalue weighted by Crippen LogP contribution is -2.32. The lowest BCUT2D eigenvalue weighted by atomic mass is 10.0. The summed E-state index contributed by atoms with van der Waals surface area (Å²) >= 11 is 0. The molecule has 24 heavy (non-hydrogen) atoms. The highest BCUT2D eigenvalue weighted by Crippen LogP contribution is 2.31. The molecule has 2 N–H and O–H groups in total. The van der Waals surface area contributed by atoms with E-state index >= 15 is 0 Å². The van der Waals surface area contributed by atoms with Gasteiger partial charge in [0.25, 0.3) is 5.91 Å². The fourth-order valence-corrected chi connectivity index (χ4v) is 2.70. The minimum atomic E-state index is -0.265. The number of para-hydroxylation sites is 1. The predicted octanol–water partition coefficient (Wildman–Crippen LogP) is 2.43. The molecule has 0 saturated carbocycles. The van der Waals surface area contributed by atoms with E-state index in [0.717, 1.165) is 17.7 Å². The van der Waals surface area contributed by atoms with Crippen molar-refractivity contribution < 1.29 is 18.7 Å². The molecule has 6 heteroatoms. The number of benzene rings is 1. The molecule has 1 atom stereocenters. The molecule has 2 amide bonds. The van der Waals surface area contributed by atoms with E-state index in [-0.39, 0.29) is 23.6 Å². The number of rotatable bonds is 6. The molecule has 1 aliphatic rings. The highest BCUT2D eigenvalue weighted by Gasteiger charge is 2.22. The Labute approximate surface area is 140 Å². The van der Waals surface area contributed by atoms with Crippen molar-refractivity contribution in [2.24, 2.45) is 0 Å². The third-order valence-corrected chi connectivity index (χ3v) is 3.90. The summed E-state index contributed by atoms with van der Waals surface area (Å²) in [6.07, 6.45) is 3.15. The van der Waals surface area contributed by atoms with Crippen LogP contribution in [0.1, 0.15) is 41.4 Å². The van der Waals surface area contributed by atoms with Crippen molar-refractivity contribution in [1.29, 1.82) is 0 Å². The zero-order valence-electron chi connectivity index (χ0n) is 13.3. The van der Waals surface area contributed by atoms with Gasteiger partial charge in [0, 0.05) is 24.9 Å². The third-order valence-electron chi connectivity index (χ3n) is 3.90. The molecular weight excluding hydrogens is 308 g/mol. The maximum absolute atomic E-state index is 12.1. The number of hydrogen-bond donors (Lipinski definition) is 2. The molecule has 1 unspecified atom stereocenters. The minimum absolute atomic E-state index is 0.0137. The number of fused-ring (bicyclic) bond motifs is 1. The van der Waals surface area contributed by atoms with Crippen LogP contribution >= 0.6 is 0 Å². The first-order valence-electron chi connectivity index (χ1n) is 8.07. The number of furan rings is 1. The molecule has 0 radical (unpaired) electrons. The Balaban J connectivity index is 1.41. The van der Waals surface area contributed by atoms with E-state index in [1.54, 1.807) is 12.1 Å². The second-order valence-electron chi connectivity index (χ2n) is 5.63. The van der Waals surface area contributed by atoms with E-state index in [9.17, 15) is 9.59 Å². The molecule has 2 aromatic rings. The van der Waals surface area contributed by atoms with Crippen molar-refractivity contribution in [2.45, 2.75) is 25.3 Å². The van der Waals surface area contributed by atoms with Crippen molar-refractivity contribution in [3.05, 3.63) is 54.0 Å². The van der Waals surface area contributed by atoms with Crippen LogP contribution in [0.3, 0.4) is 0 Å². The first-order chi connectivity index (χ1) is 11.7. The molecular formula is C18H20N2O4. The zero-order valence-corrected chi connectivity index (χ0v) is 13.3. The normalized spacial score (nSPS) is 15.9. The SMILES string of the molecule is O=C(CCCNC(=O)c1ccco1)NC1CCOc2ccccc21. The molecule has 126 valence electrons. The summed E-state index contributed by atoms with van der Waals surface area (Å²) in [5.74, 6) is 0.820. The number of carbonyl (C=O) groups excluding carboxylic acids is 2. The molecule has 0 aliphatic carbocycles. The molecule has 0 fully saturated rings. The van der Waals surface area contributed by atoms with Gasteiger partial charge in [-0.15, -0.1) is 0 Å². The summed E-state index contributed by atoms with van der Waals surface area (Å²) in [7, 11) is 0. The molecule has 1 aromatic heterocycles. The van der Waals surface area contributed by atoms with Gasteiger partial charge in [0.1, 0.15) is 5.75 Å². The van der Waals surface area contributed by atoms with E-state index in [1.165, 1.54) is 6.26 Å². The Morgan fingerprint density at radius 2 is 2.04 bits per heavy atom. The second kappa shape index (κ2) is 7.68. The van der Waals surface area contributed by atoms with E-state index < -0.39 is 0 Å². The summed E-state index contributed by atoms with van der Waals surface area (Å²) in [5, 5.41) is 5.77. The van der Waals surface area contributed by atoms with Gasteiger partial charge < -0.3 is 19.8 Å². The Morgan fingerprint density at radius 3 is 2.88 bits per heavy atom. The van der Waals surface area contributed by atoms with Gasteiger partial charge >= 0.3 is 0 Å². The lowest BCUT2D eigenvalue weighted by Gasteiger charge is -2.26. The van der Waals surface area contributed by atoms with Crippen LogP contribution in [-0.4, -0.2) is 25.0 Å². The number of amides is 2. The number of hydrogen-bond acceptors (Lipinski definition) is 4. The first kappa shape index (κ1) is 16.1. The quantitative estimate of drug-likeness (QED) is 0.798. The van der Waals surface area contributed by atoms with Gasteiger partial charge in [-0.05, 0) is 24.6 Å². The monoisotopic (exact) mass is 328 g/mol. The van der Waals surface area contributed by atoms with Crippen molar-refractivity contribution >= 4 is 11.8 Å². The molecule has 1 aromatic carbocycles. The average Bonchev–Trinajstić information content (AvgIpc) is 3.14. The van der Waals surface area contributed by atoms with Crippen LogP contribution in [0.25, 0.3) is 0 Å². The minimum Gasteiger partial charge on any atom is -0.493 e. The Bertz CT molecular complexity index is 697. The standard InChI is InChI=1S/C18H20N2O4/c21-17(8-3-10-19-18(22)16-7-4-11-23-16)20-14-9-12-24-15-6-2-1-5-13(14)15/h1-2,4-7,11,14H,3,8-10,12H2,(H,19,22)(H,20,21). The summed E-state index contributed by atoms with van der Waals surface area (Å²) in [6, 6.07) is 11.0. The Kier molecular flexibility index (Phi) is 5.15. The number of carbonyl (C=O) groups is 2. The topological polar surface area (TPSA) is 80.6 Å². The number of ether oxygens (including phenoxy) is 1. The lowest BCUT2D eigenvalue weighted by molar-refractivity contribution is -0.122. The van der Waals surface area contributed by atoms with Gasteiger partial charge in [-0.25, -0.2) is 0 Å². The predicted molar refractivity (Wildman–Crippen MR) is 87.7 cm³/mol. The van der Waals surface area contributed by atoms with Gasteiger partial charge in [-0.1, -0.05) is 18.2 Å². The molecule has 2 heterocycles. The first-order valence-corrected chi connectivity index (χ1v) is 8.07. The molecule has 0 spiro atoms. The van der Waals surface area contributed by atoms with Crippen LogP contribution in [-0.2, 0) is 4.79 Å². The van der Waals surface area contributed by atoms with Crippen LogP contribution in [0.5, 0.6) is 5.75 Å². The summed E-state index contributed by atoms with van der Waals surface area (Å²) in [4.78, 5) is 23.8. The molecule has 3 rings (SSSR count). The fourth-order valence-electron chi connectivity index (χ4n) is 2.70. The second-order valence-corrected chi connectivity index (χ2v) is 5.63. The van der Waals surface area contributed by atoms with Crippen LogP contribution in [0, 0.1) is 0 Å². The maximum Gasteiger partial charge on any atom is 0.286 e. The number of nitrogens with one attached hydrogen (secondary N) is 2. The highest BCUT2D eigenvalue weighted by molar-refractivity contribution is 5.91. The van der Waals surface area contributed by atoms with Crippen molar-refractivity contribution in [2.75, 3.05) is 13.2 Å². The van der Waals surface area contributed by atoms with Crippen molar-refractivity contribution in [3.8, 4) is 5.75 Å². The van der Waals surface area contributed by atoms with E-state index in [4.69, 9.17) is 9.15 Å². The maximum atomic E-state index is 12.1.